The molecule has 470 valence electrons. The van der Waals surface area contributed by atoms with Crippen LogP contribution in [0.3, 0.4) is 0 Å². The van der Waals surface area contributed by atoms with Gasteiger partial charge in [-0.15, -0.1) is 0 Å². The minimum absolute atomic E-state index is 0.0763. The average Bonchev–Trinajstić information content (AvgIpc) is 3.47. The van der Waals surface area contributed by atoms with Crippen LogP contribution in [-0.2, 0) is 28.6 Å². The fourth-order valence-electron chi connectivity index (χ4n) is 9.81. The highest BCUT2D eigenvalue weighted by Gasteiger charge is 2.19. The number of rotatable bonds is 63. The van der Waals surface area contributed by atoms with Gasteiger partial charge in [-0.1, -0.05) is 316 Å². The molecule has 0 spiro atoms. The molecule has 82 heavy (non-hydrogen) atoms. The molecule has 0 aromatic heterocycles. The van der Waals surface area contributed by atoms with E-state index in [1.54, 1.807) is 0 Å². The summed E-state index contributed by atoms with van der Waals surface area (Å²) in [6.45, 7) is 6.48. The number of hydrogen-bond donors (Lipinski definition) is 0. The van der Waals surface area contributed by atoms with E-state index in [4.69, 9.17) is 14.2 Å². The zero-order valence-corrected chi connectivity index (χ0v) is 54.0. The van der Waals surface area contributed by atoms with Crippen molar-refractivity contribution in [3.8, 4) is 0 Å². The molecule has 1 atom stereocenters. The van der Waals surface area contributed by atoms with Crippen molar-refractivity contribution in [3.63, 3.8) is 0 Å². The third-order valence-electron chi connectivity index (χ3n) is 15.0. The SMILES string of the molecule is CC/C=C\C/C=C\C/C=C\C/C=C\C/C=C\C/C=C\C/C=C\CCCCCCCCCCCCCCCC(=O)OCC(COC(=O)CCCCCCCC)OC(=O)CCCCCCCCCCCCC/C=C\C/C=C\CCCCCCC. The van der Waals surface area contributed by atoms with Crippen LogP contribution in [0, 0.1) is 0 Å². The Bertz CT molecular complexity index is 1640. The normalized spacial score (nSPS) is 12.8. The molecule has 0 heterocycles. The molecule has 0 aromatic rings. The molecule has 0 bridgehead atoms. The van der Waals surface area contributed by atoms with Gasteiger partial charge in [0.2, 0.25) is 0 Å². The number of esters is 3. The zero-order chi connectivity index (χ0) is 59.2. The van der Waals surface area contributed by atoms with Crippen LogP contribution in [0.15, 0.2) is 109 Å². The number of ether oxygens (including phenoxy) is 3. The van der Waals surface area contributed by atoms with Crippen LogP contribution in [0.25, 0.3) is 0 Å². The third-order valence-corrected chi connectivity index (χ3v) is 15.0. The maximum atomic E-state index is 12.9. The van der Waals surface area contributed by atoms with Gasteiger partial charge in [0.1, 0.15) is 13.2 Å². The zero-order valence-electron chi connectivity index (χ0n) is 54.0. The van der Waals surface area contributed by atoms with Crippen LogP contribution in [0.5, 0.6) is 0 Å². The maximum absolute atomic E-state index is 12.9. The Labute approximate surface area is 508 Å². The predicted molar refractivity (Wildman–Crippen MR) is 357 cm³/mol. The molecule has 0 aliphatic heterocycles. The average molecular weight is 1140 g/mol. The minimum atomic E-state index is -0.776. The second-order valence-electron chi connectivity index (χ2n) is 23.1. The highest BCUT2D eigenvalue weighted by molar-refractivity contribution is 5.71. The van der Waals surface area contributed by atoms with Crippen molar-refractivity contribution in [2.45, 2.75) is 341 Å². The van der Waals surface area contributed by atoms with Gasteiger partial charge in [0.05, 0.1) is 0 Å². The number of unbranched alkanes of at least 4 members (excludes halogenated alkanes) is 34. The van der Waals surface area contributed by atoms with Gasteiger partial charge in [0.25, 0.3) is 0 Å². The summed E-state index contributed by atoms with van der Waals surface area (Å²) in [5.41, 5.74) is 0. The van der Waals surface area contributed by atoms with Gasteiger partial charge in [0, 0.05) is 19.3 Å². The van der Waals surface area contributed by atoms with Gasteiger partial charge in [-0.05, 0) is 109 Å². The van der Waals surface area contributed by atoms with Crippen molar-refractivity contribution in [3.05, 3.63) is 109 Å². The molecule has 0 aromatic carbocycles. The summed E-state index contributed by atoms with van der Waals surface area (Å²) >= 11 is 0. The van der Waals surface area contributed by atoms with Crippen LogP contribution < -0.4 is 0 Å². The van der Waals surface area contributed by atoms with Crippen LogP contribution in [-0.4, -0.2) is 37.2 Å². The van der Waals surface area contributed by atoms with E-state index in [1.165, 1.54) is 186 Å². The Balaban J connectivity index is 4.03. The molecule has 0 radical (unpaired) electrons. The van der Waals surface area contributed by atoms with E-state index in [-0.39, 0.29) is 31.1 Å². The summed E-state index contributed by atoms with van der Waals surface area (Å²) in [4.78, 5) is 38.1. The second kappa shape index (κ2) is 69.6. The molecular formula is C76H130O6. The Hall–Kier alpha value is -3.93. The third kappa shape index (κ3) is 66.9. The quantitative estimate of drug-likeness (QED) is 0.0261. The van der Waals surface area contributed by atoms with Gasteiger partial charge in [-0.3, -0.25) is 14.4 Å². The smallest absolute Gasteiger partial charge is 0.306 e. The second-order valence-corrected chi connectivity index (χ2v) is 23.1. The van der Waals surface area contributed by atoms with Crippen molar-refractivity contribution in [1.82, 2.24) is 0 Å². The van der Waals surface area contributed by atoms with Crippen LogP contribution in [0.2, 0.25) is 0 Å². The van der Waals surface area contributed by atoms with E-state index >= 15 is 0 Å². The summed E-state index contributed by atoms with van der Waals surface area (Å²) in [6, 6.07) is 0. The molecular weight excluding hydrogens is 1010 g/mol. The lowest BCUT2D eigenvalue weighted by Gasteiger charge is -2.18. The summed E-state index contributed by atoms with van der Waals surface area (Å²) < 4.78 is 16.8. The van der Waals surface area contributed by atoms with Gasteiger partial charge < -0.3 is 14.2 Å². The molecule has 0 amide bonds. The Kier molecular flexibility index (Phi) is 66.2. The highest BCUT2D eigenvalue weighted by atomic mass is 16.6. The molecule has 0 aliphatic carbocycles. The first-order valence-electron chi connectivity index (χ1n) is 34.9. The molecule has 0 fully saturated rings. The molecule has 0 saturated heterocycles. The maximum Gasteiger partial charge on any atom is 0.306 e. The van der Waals surface area contributed by atoms with Crippen molar-refractivity contribution in [1.29, 1.82) is 0 Å². The first-order chi connectivity index (χ1) is 40.5. The summed E-state index contributed by atoms with van der Waals surface area (Å²) in [5, 5.41) is 0. The molecule has 1 unspecified atom stereocenters. The molecule has 6 nitrogen and oxygen atoms in total. The minimum Gasteiger partial charge on any atom is -0.462 e. The van der Waals surface area contributed by atoms with E-state index in [0.29, 0.717) is 19.3 Å². The lowest BCUT2D eigenvalue weighted by molar-refractivity contribution is -0.167. The highest BCUT2D eigenvalue weighted by Crippen LogP contribution is 2.17. The molecule has 0 N–H and O–H groups in total. The van der Waals surface area contributed by atoms with Crippen molar-refractivity contribution in [2.75, 3.05) is 13.2 Å². The van der Waals surface area contributed by atoms with E-state index in [0.717, 1.165) is 109 Å². The molecule has 0 saturated carbocycles. The van der Waals surface area contributed by atoms with Crippen molar-refractivity contribution >= 4 is 17.9 Å². The molecule has 0 rings (SSSR count). The van der Waals surface area contributed by atoms with Crippen LogP contribution in [0.1, 0.15) is 335 Å². The lowest BCUT2D eigenvalue weighted by Crippen LogP contribution is -2.30. The first-order valence-corrected chi connectivity index (χ1v) is 34.9. The predicted octanol–water partition coefficient (Wildman–Crippen LogP) is 24.2. The van der Waals surface area contributed by atoms with Gasteiger partial charge >= 0.3 is 17.9 Å². The van der Waals surface area contributed by atoms with Crippen molar-refractivity contribution < 1.29 is 28.6 Å². The lowest BCUT2D eigenvalue weighted by atomic mass is 10.0. The topological polar surface area (TPSA) is 78.9 Å². The Morgan fingerprint density at radius 2 is 0.476 bits per heavy atom. The van der Waals surface area contributed by atoms with Gasteiger partial charge in [-0.25, -0.2) is 0 Å². The number of allylic oxidation sites excluding steroid dienone is 18. The summed E-state index contributed by atoms with van der Waals surface area (Å²) in [7, 11) is 0. The summed E-state index contributed by atoms with van der Waals surface area (Å²) in [5.74, 6) is -0.878. The van der Waals surface area contributed by atoms with Crippen molar-refractivity contribution in [2.24, 2.45) is 0 Å². The molecule has 6 heteroatoms. The fraction of sp³-hybridized carbons (Fsp3) is 0.724. The van der Waals surface area contributed by atoms with E-state index < -0.39 is 6.10 Å². The van der Waals surface area contributed by atoms with E-state index in [9.17, 15) is 14.4 Å². The fourth-order valence-corrected chi connectivity index (χ4v) is 9.81. The van der Waals surface area contributed by atoms with Gasteiger partial charge in [0.15, 0.2) is 6.10 Å². The Morgan fingerprint density at radius 1 is 0.256 bits per heavy atom. The largest absolute Gasteiger partial charge is 0.462 e. The standard InChI is InChI=1S/C76H130O6/c1-4-7-10-13-16-18-20-22-24-26-28-30-32-33-34-35-36-37-38-39-40-41-42-43-45-46-48-50-52-54-56-58-60-63-66-69-75(78)81-72-73(71-80-74(77)68-65-62-15-12-9-6-3)82-76(79)70-67-64-61-59-57-55-53-51-49-47-44-31-29-27-25-23-21-19-17-14-11-8-5-2/h7,10,16,18,21-24,27-30,33-34,36-37,39-40,73H,4-6,8-9,11-15,17,19-20,25-26,31-32,35,38,41-72H2,1-3H3/b10-7-,18-16-,23-21-,24-22-,29-27-,30-28-,34-33-,37-36-,40-39-. The number of hydrogen-bond acceptors (Lipinski definition) is 6. The van der Waals surface area contributed by atoms with Crippen LogP contribution >= 0.6 is 0 Å². The van der Waals surface area contributed by atoms with E-state index in [2.05, 4.69) is 130 Å². The van der Waals surface area contributed by atoms with Gasteiger partial charge in [-0.2, -0.15) is 0 Å². The van der Waals surface area contributed by atoms with E-state index in [1.807, 2.05) is 0 Å². The number of carbonyl (C=O) groups excluding carboxylic acids is 3. The first kappa shape index (κ1) is 78.1. The number of carbonyl (C=O) groups is 3. The monoisotopic (exact) mass is 1140 g/mol. The molecule has 0 aliphatic rings. The Morgan fingerprint density at radius 3 is 0.744 bits per heavy atom. The summed E-state index contributed by atoms with van der Waals surface area (Å²) in [6.07, 6.45) is 95.8. The van der Waals surface area contributed by atoms with Crippen LogP contribution in [0.4, 0.5) is 0 Å².